The van der Waals surface area contributed by atoms with E-state index in [4.69, 9.17) is 16.6 Å². The quantitative estimate of drug-likeness (QED) is 0.721. The summed E-state index contributed by atoms with van der Waals surface area (Å²) < 4.78 is 14.3. The van der Waals surface area contributed by atoms with Crippen LogP contribution >= 0.6 is 11.6 Å². The summed E-state index contributed by atoms with van der Waals surface area (Å²) >= 11 is 5.88. The molecule has 0 aliphatic carbocycles. The number of rotatable bonds is 3. The second-order valence-corrected chi connectivity index (χ2v) is 7.68. The van der Waals surface area contributed by atoms with Gasteiger partial charge >= 0.3 is 0 Å². The molecule has 5 rings (SSSR count). The van der Waals surface area contributed by atoms with Gasteiger partial charge in [0.1, 0.15) is 17.7 Å². The van der Waals surface area contributed by atoms with E-state index in [1.807, 2.05) is 12.1 Å². The molecular formula is C19H18ClFN6. The first-order chi connectivity index (χ1) is 13.1. The molecule has 0 atom stereocenters. The van der Waals surface area contributed by atoms with Crippen LogP contribution in [0.5, 0.6) is 0 Å². The van der Waals surface area contributed by atoms with Gasteiger partial charge in [-0.2, -0.15) is 0 Å². The fourth-order valence-electron chi connectivity index (χ4n) is 3.92. The number of hydrogen-bond acceptors (Lipinski definition) is 6. The summed E-state index contributed by atoms with van der Waals surface area (Å²) in [5.41, 5.74) is 1.96. The van der Waals surface area contributed by atoms with Crippen LogP contribution in [0, 0.1) is 11.2 Å². The molecule has 138 valence electrons. The Morgan fingerprint density at radius 3 is 2.89 bits per heavy atom. The van der Waals surface area contributed by atoms with Crippen molar-refractivity contribution in [2.45, 2.75) is 6.42 Å². The van der Waals surface area contributed by atoms with Crippen molar-refractivity contribution < 1.29 is 4.39 Å². The summed E-state index contributed by atoms with van der Waals surface area (Å²) in [6.07, 6.45) is 2.65. The SMILES string of the molecule is Fc1c(Cl)cccc1Nc1ncnc2ccc(N3CC4(CCNC4)C3)nc12. The average Bonchev–Trinajstić information content (AvgIpc) is 3.14. The van der Waals surface area contributed by atoms with E-state index in [2.05, 4.69) is 25.5 Å². The number of pyridine rings is 1. The molecule has 0 unspecified atom stereocenters. The maximum Gasteiger partial charge on any atom is 0.165 e. The van der Waals surface area contributed by atoms with Gasteiger partial charge in [0.15, 0.2) is 11.6 Å². The van der Waals surface area contributed by atoms with E-state index in [1.165, 1.54) is 18.8 Å². The van der Waals surface area contributed by atoms with Crippen molar-refractivity contribution in [3.05, 3.63) is 47.5 Å². The first-order valence-electron chi connectivity index (χ1n) is 8.92. The standard InChI is InChI=1S/C19H18ClFN6/c20-12-2-1-3-13(16(12)21)25-18-17-14(23-11-24-18)4-5-15(26-17)27-9-19(10-27)6-7-22-8-19/h1-5,11,22H,6-10H2,(H,23,24,25). The first kappa shape index (κ1) is 16.6. The minimum Gasteiger partial charge on any atom is -0.355 e. The van der Waals surface area contributed by atoms with Gasteiger partial charge < -0.3 is 15.5 Å². The summed E-state index contributed by atoms with van der Waals surface area (Å²) in [4.78, 5) is 15.6. The fourth-order valence-corrected chi connectivity index (χ4v) is 4.09. The van der Waals surface area contributed by atoms with Crippen LogP contribution in [0.4, 0.5) is 21.7 Å². The zero-order chi connectivity index (χ0) is 18.4. The topological polar surface area (TPSA) is 66.0 Å². The van der Waals surface area contributed by atoms with E-state index in [1.54, 1.807) is 12.1 Å². The molecule has 0 amide bonds. The van der Waals surface area contributed by atoms with Crippen LogP contribution in [0.3, 0.4) is 0 Å². The van der Waals surface area contributed by atoms with Gasteiger partial charge in [-0.15, -0.1) is 0 Å². The van der Waals surface area contributed by atoms with E-state index in [9.17, 15) is 4.39 Å². The molecule has 2 aliphatic heterocycles. The number of halogens is 2. The lowest BCUT2D eigenvalue weighted by molar-refractivity contribution is 0.242. The maximum absolute atomic E-state index is 14.3. The molecule has 0 radical (unpaired) electrons. The van der Waals surface area contributed by atoms with Crippen LogP contribution in [0.1, 0.15) is 6.42 Å². The normalized spacial score (nSPS) is 18.1. The second-order valence-electron chi connectivity index (χ2n) is 7.27. The molecule has 0 bridgehead atoms. The predicted molar refractivity (Wildman–Crippen MR) is 104 cm³/mol. The summed E-state index contributed by atoms with van der Waals surface area (Å²) in [5.74, 6) is 0.839. The molecular weight excluding hydrogens is 367 g/mol. The Labute approximate surface area is 160 Å². The van der Waals surface area contributed by atoms with Crippen molar-refractivity contribution in [2.75, 3.05) is 36.4 Å². The highest BCUT2D eigenvalue weighted by Crippen LogP contribution is 2.39. The molecule has 27 heavy (non-hydrogen) atoms. The van der Waals surface area contributed by atoms with Gasteiger partial charge in [-0.25, -0.2) is 19.3 Å². The summed E-state index contributed by atoms with van der Waals surface area (Å²) in [5, 5.41) is 6.50. The Morgan fingerprint density at radius 1 is 1.19 bits per heavy atom. The molecule has 0 saturated carbocycles. The monoisotopic (exact) mass is 384 g/mol. The van der Waals surface area contributed by atoms with E-state index >= 15 is 0 Å². The van der Waals surface area contributed by atoms with Gasteiger partial charge in [0, 0.05) is 25.0 Å². The molecule has 2 aliphatic rings. The highest BCUT2D eigenvalue weighted by Gasteiger charge is 2.45. The zero-order valence-corrected chi connectivity index (χ0v) is 15.3. The van der Waals surface area contributed by atoms with Crippen LogP contribution in [0.25, 0.3) is 11.0 Å². The van der Waals surface area contributed by atoms with Gasteiger partial charge in [0.25, 0.3) is 0 Å². The Hall–Kier alpha value is -2.51. The van der Waals surface area contributed by atoms with Crippen molar-refractivity contribution in [3.63, 3.8) is 0 Å². The van der Waals surface area contributed by atoms with Gasteiger partial charge in [0.05, 0.1) is 16.2 Å². The largest absolute Gasteiger partial charge is 0.355 e. The smallest absolute Gasteiger partial charge is 0.165 e. The minimum atomic E-state index is -0.513. The number of hydrogen-bond donors (Lipinski definition) is 2. The van der Waals surface area contributed by atoms with E-state index in [-0.39, 0.29) is 10.7 Å². The Bertz CT molecular complexity index is 1010. The third-order valence-corrected chi connectivity index (χ3v) is 5.67. The van der Waals surface area contributed by atoms with Gasteiger partial charge in [-0.1, -0.05) is 17.7 Å². The van der Waals surface area contributed by atoms with E-state index in [0.29, 0.717) is 22.3 Å². The minimum absolute atomic E-state index is 0.0584. The zero-order valence-electron chi connectivity index (χ0n) is 14.5. The van der Waals surface area contributed by atoms with E-state index < -0.39 is 5.82 Å². The molecule has 1 spiro atoms. The molecule has 2 N–H and O–H groups in total. The lowest BCUT2D eigenvalue weighted by Gasteiger charge is -2.48. The molecule has 2 saturated heterocycles. The first-order valence-corrected chi connectivity index (χ1v) is 9.30. The lowest BCUT2D eigenvalue weighted by Crippen LogP contribution is -2.57. The number of nitrogens with one attached hydrogen (secondary N) is 2. The second kappa shape index (κ2) is 6.28. The molecule has 2 aromatic heterocycles. The number of fused-ring (bicyclic) bond motifs is 1. The average molecular weight is 385 g/mol. The fraction of sp³-hybridized carbons (Fsp3) is 0.316. The third kappa shape index (κ3) is 2.87. The van der Waals surface area contributed by atoms with Crippen LogP contribution in [-0.2, 0) is 0 Å². The van der Waals surface area contributed by atoms with Crippen LogP contribution in [0.15, 0.2) is 36.7 Å². The van der Waals surface area contributed by atoms with Crippen LogP contribution < -0.4 is 15.5 Å². The summed E-state index contributed by atoms with van der Waals surface area (Å²) in [6, 6.07) is 8.72. The Kier molecular flexibility index (Phi) is 3.87. The molecule has 2 fully saturated rings. The lowest BCUT2D eigenvalue weighted by atomic mass is 9.79. The van der Waals surface area contributed by atoms with Crippen molar-refractivity contribution in [1.82, 2.24) is 20.3 Å². The number of benzene rings is 1. The Morgan fingerprint density at radius 2 is 2.07 bits per heavy atom. The number of anilines is 3. The Balaban J connectivity index is 1.47. The van der Waals surface area contributed by atoms with Gasteiger partial charge in [-0.3, -0.25) is 0 Å². The van der Waals surface area contributed by atoms with Crippen LogP contribution in [-0.4, -0.2) is 41.1 Å². The molecule has 4 heterocycles. The van der Waals surface area contributed by atoms with Gasteiger partial charge in [-0.05, 0) is 37.2 Å². The molecule has 3 aromatic rings. The number of aromatic nitrogens is 3. The third-order valence-electron chi connectivity index (χ3n) is 5.38. The summed E-state index contributed by atoms with van der Waals surface area (Å²) in [7, 11) is 0. The van der Waals surface area contributed by atoms with E-state index in [0.717, 1.165) is 32.0 Å². The summed E-state index contributed by atoms with van der Waals surface area (Å²) in [6.45, 7) is 4.16. The molecule has 1 aromatic carbocycles. The van der Waals surface area contributed by atoms with Crippen molar-refractivity contribution in [1.29, 1.82) is 0 Å². The highest BCUT2D eigenvalue weighted by atomic mass is 35.5. The maximum atomic E-state index is 14.3. The van der Waals surface area contributed by atoms with Crippen LogP contribution in [0.2, 0.25) is 5.02 Å². The molecule has 8 heteroatoms. The highest BCUT2D eigenvalue weighted by molar-refractivity contribution is 6.31. The van der Waals surface area contributed by atoms with Gasteiger partial charge in [0.2, 0.25) is 0 Å². The predicted octanol–water partition coefficient (Wildman–Crippen LogP) is 3.36. The number of nitrogens with zero attached hydrogens (tertiary/aromatic N) is 4. The van der Waals surface area contributed by atoms with Crippen molar-refractivity contribution >= 4 is 40.0 Å². The van der Waals surface area contributed by atoms with Crippen molar-refractivity contribution in [2.24, 2.45) is 5.41 Å². The van der Waals surface area contributed by atoms with Crippen molar-refractivity contribution in [3.8, 4) is 0 Å². The molecule has 6 nitrogen and oxygen atoms in total.